The van der Waals surface area contributed by atoms with Crippen molar-refractivity contribution in [2.24, 2.45) is 0 Å². The normalized spacial score (nSPS) is 16.7. The molecule has 0 aliphatic heterocycles. The molecule has 5 heteroatoms. The van der Waals surface area contributed by atoms with Gasteiger partial charge in [-0.25, -0.2) is 4.39 Å². The molecule has 18 heavy (non-hydrogen) atoms. The molecule has 1 heterocycles. The highest BCUT2D eigenvalue weighted by Crippen LogP contribution is 2.29. The van der Waals surface area contributed by atoms with Gasteiger partial charge in [0.15, 0.2) is 0 Å². The highest BCUT2D eigenvalue weighted by molar-refractivity contribution is 6.18. The van der Waals surface area contributed by atoms with E-state index in [4.69, 9.17) is 16.0 Å². The molecule has 2 atom stereocenters. The van der Waals surface area contributed by atoms with Crippen LogP contribution in [0.3, 0.4) is 0 Å². The van der Waals surface area contributed by atoms with Crippen molar-refractivity contribution >= 4 is 22.6 Å². The number of rotatable bonds is 5. The fourth-order valence-electron chi connectivity index (χ4n) is 2.04. The molecule has 0 fully saturated rings. The maximum absolute atomic E-state index is 13.3. The van der Waals surface area contributed by atoms with Crippen LogP contribution in [0.5, 0.6) is 0 Å². The van der Waals surface area contributed by atoms with Crippen LogP contribution in [-0.4, -0.2) is 30.8 Å². The summed E-state index contributed by atoms with van der Waals surface area (Å²) in [7, 11) is 1.64. The van der Waals surface area contributed by atoms with Crippen LogP contribution in [-0.2, 0) is 5.60 Å². The molecule has 0 radical (unpaired) electrons. The van der Waals surface area contributed by atoms with Gasteiger partial charge in [0.25, 0.3) is 0 Å². The van der Waals surface area contributed by atoms with Crippen LogP contribution >= 0.6 is 11.6 Å². The fraction of sp³-hybridized carbons (Fsp3) is 0.385. The molecule has 0 bridgehead atoms. The van der Waals surface area contributed by atoms with E-state index < -0.39 is 18.3 Å². The van der Waals surface area contributed by atoms with Gasteiger partial charge in [0.1, 0.15) is 17.9 Å². The van der Waals surface area contributed by atoms with Crippen molar-refractivity contribution in [1.82, 2.24) is 5.32 Å². The van der Waals surface area contributed by atoms with Crippen molar-refractivity contribution in [3.05, 3.63) is 36.1 Å². The molecular formula is C13H15ClFNO2. The summed E-state index contributed by atoms with van der Waals surface area (Å²) >= 11 is 5.77. The lowest BCUT2D eigenvalue weighted by atomic mass is 9.88. The van der Waals surface area contributed by atoms with Gasteiger partial charge in [-0.05, 0) is 24.7 Å². The van der Waals surface area contributed by atoms with E-state index in [1.165, 1.54) is 0 Å². The van der Waals surface area contributed by atoms with E-state index in [0.717, 1.165) is 5.39 Å². The Hall–Kier alpha value is -1.10. The zero-order chi connectivity index (χ0) is 13.2. The quantitative estimate of drug-likeness (QED) is 0.821. The van der Waals surface area contributed by atoms with Gasteiger partial charge in [0.2, 0.25) is 0 Å². The Balaban J connectivity index is 2.47. The predicted octanol–water partition coefficient (Wildman–Crippen LogP) is 2.42. The van der Waals surface area contributed by atoms with Gasteiger partial charge in [0, 0.05) is 11.3 Å². The molecule has 0 saturated carbocycles. The van der Waals surface area contributed by atoms with Crippen LogP contribution in [0.25, 0.3) is 11.0 Å². The van der Waals surface area contributed by atoms with Crippen LogP contribution in [0.1, 0.15) is 5.56 Å². The molecule has 1 aromatic heterocycles. The Morgan fingerprint density at radius 1 is 1.50 bits per heavy atom. The average Bonchev–Trinajstić information content (AvgIpc) is 2.86. The first-order valence-corrected chi connectivity index (χ1v) is 6.18. The van der Waals surface area contributed by atoms with Crippen molar-refractivity contribution in [3.63, 3.8) is 0 Å². The van der Waals surface area contributed by atoms with E-state index in [1.807, 2.05) is 6.07 Å². The standard InChI is InChI=1S/C13H15ClFNO2/c1-16-12(7-14)13(17,8-15)10-3-2-9-4-5-18-11(9)6-10/h2-6,12,16-17H,7-8H2,1H3. The molecule has 0 spiro atoms. The molecule has 2 aromatic rings. The van der Waals surface area contributed by atoms with Crippen molar-refractivity contribution in [3.8, 4) is 0 Å². The Labute approximate surface area is 110 Å². The van der Waals surface area contributed by atoms with E-state index in [2.05, 4.69) is 5.32 Å². The predicted molar refractivity (Wildman–Crippen MR) is 69.7 cm³/mol. The molecule has 0 aliphatic rings. The fourth-order valence-corrected chi connectivity index (χ4v) is 2.45. The first-order valence-electron chi connectivity index (χ1n) is 5.65. The third-order valence-electron chi connectivity index (χ3n) is 3.24. The average molecular weight is 272 g/mol. The molecule has 0 amide bonds. The van der Waals surface area contributed by atoms with Gasteiger partial charge < -0.3 is 14.8 Å². The number of fused-ring (bicyclic) bond motifs is 1. The minimum absolute atomic E-state index is 0.104. The van der Waals surface area contributed by atoms with Crippen LogP contribution in [0, 0.1) is 0 Å². The second kappa shape index (κ2) is 5.26. The van der Waals surface area contributed by atoms with E-state index in [1.54, 1.807) is 31.5 Å². The highest BCUT2D eigenvalue weighted by Gasteiger charge is 2.37. The van der Waals surface area contributed by atoms with Crippen LogP contribution in [0.15, 0.2) is 34.9 Å². The van der Waals surface area contributed by atoms with Gasteiger partial charge >= 0.3 is 0 Å². The topological polar surface area (TPSA) is 45.4 Å². The first kappa shape index (κ1) is 13.3. The summed E-state index contributed by atoms with van der Waals surface area (Å²) in [5, 5.41) is 14.2. The maximum atomic E-state index is 13.3. The lowest BCUT2D eigenvalue weighted by molar-refractivity contribution is -0.0162. The van der Waals surface area contributed by atoms with Crippen molar-refractivity contribution in [2.75, 3.05) is 19.6 Å². The Bertz CT molecular complexity index is 526. The van der Waals surface area contributed by atoms with Crippen molar-refractivity contribution in [2.45, 2.75) is 11.6 Å². The summed E-state index contributed by atoms with van der Waals surface area (Å²) in [5.41, 5.74) is -0.589. The number of likely N-dealkylation sites (N-methyl/N-ethyl adjacent to an activating group) is 1. The molecule has 3 nitrogen and oxygen atoms in total. The lowest BCUT2D eigenvalue weighted by Gasteiger charge is -2.33. The molecule has 1 aromatic carbocycles. The summed E-state index contributed by atoms with van der Waals surface area (Å²) in [6.07, 6.45) is 1.56. The second-order valence-corrected chi connectivity index (χ2v) is 4.54. The van der Waals surface area contributed by atoms with E-state index in [-0.39, 0.29) is 5.88 Å². The van der Waals surface area contributed by atoms with Gasteiger partial charge in [-0.3, -0.25) is 0 Å². The number of hydrogen-bond acceptors (Lipinski definition) is 3. The number of aliphatic hydroxyl groups is 1. The molecular weight excluding hydrogens is 257 g/mol. The molecule has 98 valence electrons. The number of benzene rings is 1. The minimum atomic E-state index is -1.66. The first-order chi connectivity index (χ1) is 8.65. The van der Waals surface area contributed by atoms with Crippen LogP contribution in [0.4, 0.5) is 4.39 Å². The van der Waals surface area contributed by atoms with E-state index >= 15 is 0 Å². The molecule has 0 saturated heterocycles. The summed E-state index contributed by atoms with van der Waals surface area (Å²) in [6, 6.07) is 6.36. The van der Waals surface area contributed by atoms with Crippen LogP contribution in [0.2, 0.25) is 0 Å². The number of hydrogen-bond donors (Lipinski definition) is 2. The van der Waals surface area contributed by atoms with Crippen LogP contribution < -0.4 is 5.32 Å². The summed E-state index contributed by atoms with van der Waals surface area (Å²) in [5.74, 6) is 0.104. The zero-order valence-corrected chi connectivity index (χ0v) is 10.7. The summed E-state index contributed by atoms with van der Waals surface area (Å²) < 4.78 is 18.6. The number of nitrogens with one attached hydrogen (secondary N) is 1. The minimum Gasteiger partial charge on any atom is -0.464 e. The zero-order valence-electron chi connectivity index (χ0n) is 9.99. The second-order valence-electron chi connectivity index (χ2n) is 4.23. The Morgan fingerprint density at radius 3 is 2.89 bits per heavy atom. The molecule has 2 N–H and O–H groups in total. The van der Waals surface area contributed by atoms with Crippen molar-refractivity contribution < 1.29 is 13.9 Å². The smallest absolute Gasteiger partial charge is 0.134 e. The third-order valence-corrected chi connectivity index (χ3v) is 3.55. The number of alkyl halides is 2. The summed E-state index contributed by atoms with van der Waals surface area (Å²) in [4.78, 5) is 0. The largest absolute Gasteiger partial charge is 0.464 e. The highest BCUT2D eigenvalue weighted by atomic mass is 35.5. The molecule has 2 rings (SSSR count). The third kappa shape index (κ3) is 2.11. The number of furan rings is 1. The van der Waals surface area contributed by atoms with Gasteiger partial charge in [0.05, 0.1) is 12.3 Å². The van der Waals surface area contributed by atoms with Gasteiger partial charge in [-0.15, -0.1) is 11.6 Å². The SMILES string of the molecule is CNC(CCl)C(O)(CF)c1ccc2ccoc2c1. The lowest BCUT2D eigenvalue weighted by Crippen LogP contribution is -2.50. The van der Waals surface area contributed by atoms with Gasteiger partial charge in [-0.2, -0.15) is 0 Å². The Morgan fingerprint density at radius 2 is 2.28 bits per heavy atom. The van der Waals surface area contributed by atoms with Crippen molar-refractivity contribution in [1.29, 1.82) is 0 Å². The maximum Gasteiger partial charge on any atom is 0.134 e. The van der Waals surface area contributed by atoms with E-state index in [0.29, 0.717) is 11.1 Å². The summed E-state index contributed by atoms with van der Waals surface area (Å²) in [6.45, 7) is -0.919. The van der Waals surface area contributed by atoms with Gasteiger partial charge in [-0.1, -0.05) is 12.1 Å². The molecule has 2 unspecified atom stereocenters. The monoisotopic (exact) mass is 271 g/mol. The Kier molecular flexibility index (Phi) is 3.90. The number of halogens is 2. The molecule has 0 aliphatic carbocycles. The van der Waals surface area contributed by atoms with E-state index in [9.17, 15) is 9.50 Å².